The van der Waals surface area contributed by atoms with Crippen LogP contribution in [-0.2, 0) is 16.7 Å². The molecule has 2 N–H and O–H groups in total. The van der Waals surface area contributed by atoms with Crippen LogP contribution in [0, 0.1) is 17.0 Å². The molecule has 2 heterocycles. The molecule has 12 heteroatoms. The lowest BCUT2D eigenvalue weighted by atomic mass is 10.2. The number of hydrogen-bond donors (Lipinski definition) is 2. The number of nitro groups is 1. The predicted molar refractivity (Wildman–Crippen MR) is 113 cm³/mol. The van der Waals surface area contributed by atoms with Crippen LogP contribution in [0.2, 0.25) is 10.2 Å². The Bertz CT molecular complexity index is 1030. The first kappa shape index (κ1) is 23.9. The molecule has 0 spiro atoms. The zero-order valence-corrected chi connectivity index (χ0v) is 18.3. The molecule has 0 bridgehead atoms. The lowest BCUT2D eigenvalue weighted by Crippen LogP contribution is -2.39. The van der Waals surface area contributed by atoms with E-state index in [1.165, 1.54) is 12.1 Å². The Balaban J connectivity index is 0.000000248. The summed E-state index contributed by atoms with van der Waals surface area (Å²) in [5.74, 6) is 0.488. The highest BCUT2D eigenvalue weighted by molar-refractivity contribution is 7.85. The Morgan fingerprint density at radius 3 is 2.57 bits per heavy atom. The molecule has 9 nitrogen and oxygen atoms in total. The van der Waals surface area contributed by atoms with Crippen molar-refractivity contribution in [1.82, 2.24) is 15.2 Å². The van der Waals surface area contributed by atoms with E-state index in [4.69, 9.17) is 27.8 Å². The molecule has 1 aliphatic rings. The van der Waals surface area contributed by atoms with Crippen molar-refractivity contribution in [2.45, 2.75) is 24.8 Å². The van der Waals surface area contributed by atoms with Gasteiger partial charge in [-0.2, -0.15) is 8.42 Å². The van der Waals surface area contributed by atoms with E-state index in [1.54, 1.807) is 24.4 Å². The second kappa shape index (κ2) is 10.6. The van der Waals surface area contributed by atoms with Crippen molar-refractivity contribution >= 4 is 33.3 Å². The van der Waals surface area contributed by atoms with Crippen LogP contribution in [-0.4, -0.2) is 40.9 Å². The van der Waals surface area contributed by atoms with Gasteiger partial charge in [0.1, 0.15) is 5.15 Å². The monoisotopic (exact) mass is 474 g/mol. The summed E-state index contributed by atoms with van der Waals surface area (Å²) in [5.41, 5.74) is 1.74. The minimum atomic E-state index is -4.02. The van der Waals surface area contributed by atoms with E-state index >= 15 is 0 Å². The van der Waals surface area contributed by atoms with Crippen molar-refractivity contribution < 1.29 is 17.9 Å². The lowest BCUT2D eigenvalue weighted by Gasteiger charge is -2.31. The Morgan fingerprint density at radius 2 is 2.00 bits per heavy atom. The largest absolute Gasteiger partial charge is 0.367 e. The molecule has 1 saturated heterocycles. The highest BCUT2D eigenvalue weighted by atomic mass is 35.5. The first-order chi connectivity index (χ1) is 14.1. The summed E-state index contributed by atoms with van der Waals surface area (Å²) in [6.07, 6.45) is 3.47. The van der Waals surface area contributed by atoms with Gasteiger partial charge in [0.05, 0.1) is 14.8 Å². The third kappa shape index (κ3) is 7.45. The summed E-state index contributed by atoms with van der Waals surface area (Å²) in [7, 11) is -4.02. The van der Waals surface area contributed by atoms with Crippen LogP contribution in [0.25, 0.3) is 0 Å². The summed E-state index contributed by atoms with van der Waals surface area (Å²) < 4.78 is 29.6. The molecule has 3 rings (SSSR count). The number of pyridine rings is 1. The Hall–Kier alpha value is -2.40. The van der Waals surface area contributed by atoms with Gasteiger partial charge in [-0.1, -0.05) is 40.9 Å². The maximum absolute atomic E-state index is 10.6. The van der Waals surface area contributed by atoms with Gasteiger partial charge in [0.2, 0.25) is 0 Å². The van der Waals surface area contributed by atoms with Crippen LogP contribution in [0.3, 0.4) is 0 Å². The molecule has 0 saturated carbocycles. The zero-order chi connectivity index (χ0) is 22.3. The highest BCUT2D eigenvalue weighted by Gasteiger charge is 2.19. The predicted octanol–water partition coefficient (Wildman–Crippen LogP) is 3.50. The summed E-state index contributed by atoms with van der Waals surface area (Å²) in [5, 5.41) is 14.4. The molecule has 162 valence electrons. The zero-order valence-electron chi connectivity index (χ0n) is 16.0. The second-order valence-electron chi connectivity index (χ2n) is 6.39. The van der Waals surface area contributed by atoms with E-state index in [0.717, 1.165) is 36.8 Å². The summed E-state index contributed by atoms with van der Waals surface area (Å²) in [4.78, 5) is 15.9. The van der Waals surface area contributed by atoms with E-state index < -0.39 is 15.0 Å². The molecule has 0 radical (unpaired) electrons. The topological polar surface area (TPSA) is 126 Å². The van der Waals surface area contributed by atoms with Gasteiger partial charge in [0.25, 0.3) is 16.3 Å². The maximum Gasteiger partial charge on any atom is 0.294 e. The molecule has 0 unspecified atom stereocenters. The van der Waals surface area contributed by atoms with E-state index in [-0.39, 0.29) is 4.90 Å². The van der Waals surface area contributed by atoms with E-state index in [2.05, 4.69) is 10.3 Å². The molecular weight excluding hydrogens is 455 g/mol. The first-order valence-corrected chi connectivity index (χ1v) is 10.9. The number of hydrogen-bond acceptors (Lipinski definition) is 7. The number of benzene rings is 1. The number of nitrogens with one attached hydrogen (secondary N) is 1. The third-order valence-corrected chi connectivity index (χ3v) is 5.48. The van der Waals surface area contributed by atoms with Gasteiger partial charge in [0, 0.05) is 31.4 Å². The summed E-state index contributed by atoms with van der Waals surface area (Å²) in [6, 6.07) is 7.55. The van der Waals surface area contributed by atoms with Crippen LogP contribution < -0.4 is 5.32 Å². The molecule has 0 aliphatic carbocycles. The molecule has 1 aliphatic heterocycles. The molecule has 2 aromatic rings. The summed E-state index contributed by atoms with van der Waals surface area (Å²) in [6.45, 7) is 3.75. The average Bonchev–Trinajstić information content (AvgIpc) is 2.65. The Kier molecular flexibility index (Phi) is 8.42. The number of rotatable bonds is 4. The van der Waals surface area contributed by atoms with Crippen molar-refractivity contribution in [3.8, 4) is 0 Å². The molecule has 1 fully saturated rings. The Morgan fingerprint density at radius 1 is 1.33 bits per heavy atom. The minimum absolute atomic E-state index is 0.0666. The van der Waals surface area contributed by atoms with Crippen LogP contribution >= 0.6 is 23.2 Å². The quantitative estimate of drug-likeness (QED) is 0.298. The number of nitrogens with zero attached hydrogens (tertiary/aromatic N) is 3. The fraction of sp³-hybridized carbons (Fsp3) is 0.278. The molecule has 0 atom stereocenters. The van der Waals surface area contributed by atoms with E-state index in [9.17, 15) is 18.5 Å². The van der Waals surface area contributed by atoms with Crippen molar-refractivity contribution in [1.29, 1.82) is 0 Å². The molecule has 1 aromatic heterocycles. The van der Waals surface area contributed by atoms with Gasteiger partial charge < -0.3 is 10.2 Å². The van der Waals surface area contributed by atoms with Gasteiger partial charge >= 0.3 is 0 Å². The number of aromatic nitrogens is 1. The molecule has 30 heavy (non-hydrogen) atoms. The molecular formula is C18H20Cl2N4O5S. The minimum Gasteiger partial charge on any atom is -0.367 e. The van der Waals surface area contributed by atoms with Crippen molar-refractivity contribution in [3.63, 3.8) is 0 Å². The fourth-order valence-corrected chi connectivity index (χ4v) is 3.48. The van der Waals surface area contributed by atoms with Gasteiger partial charge in [-0.15, -0.1) is 0 Å². The van der Waals surface area contributed by atoms with E-state index in [1.807, 2.05) is 11.8 Å². The van der Waals surface area contributed by atoms with Crippen molar-refractivity contribution in [3.05, 3.63) is 80.0 Å². The molecule has 0 amide bonds. The third-order valence-electron chi connectivity index (χ3n) is 4.06. The van der Waals surface area contributed by atoms with Crippen LogP contribution in [0.4, 0.5) is 0 Å². The SMILES string of the molecule is Cc1ccc(S(=O)(=O)O)cc1.O=[N+]([O-])C=C1NCCCN1Cc1cnc(Cl)cc1Cl. The first-order valence-electron chi connectivity index (χ1n) is 8.74. The maximum atomic E-state index is 10.6. The van der Waals surface area contributed by atoms with E-state index in [0.29, 0.717) is 22.5 Å². The van der Waals surface area contributed by atoms with Gasteiger partial charge in [-0.3, -0.25) is 14.7 Å². The number of aryl methyl sites for hydroxylation is 1. The number of halogens is 2. The normalized spacial score (nSPS) is 15.2. The second-order valence-corrected chi connectivity index (χ2v) is 8.60. The van der Waals surface area contributed by atoms with Crippen LogP contribution in [0.1, 0.15) is 17.5 Å². The average molecular weight is 475 g/mol. The molecule has 1 aromatic carbocycles. The fourth-order valence-electron chi connectivity index (χ4n) is 2.58. The lowest BCUT2D eigenvalue weighted by molar-refractivity contribution is -0.405. The highest BCUT2D eigenvalue weighted by Crippen LogP contribution is 2.22. The van der Waals surface area contributed by atoms with Crippen LogP contribution in [0.15, 0.2) is 53.4 Å². The van der Waals surface area contributed by atoms with Crippen molar-refractivity contribution in [2.75, 3.05) is 13.1 Å². The van der Waals surface area contributed by atoms with Crippen LogP contribution in [0.5, 0.6) is 0 Å². The standard InChI is InChI=1S/C11H12Cl2N4O2.C7H8O3S/c12-9-4-10(13)15-5-8(9)6-16-3-1-2-14-11(16)7-17(18)19;1-6-2-4-7(5-3-6)11(8,9)10/h4-5,7,14H,1-3,6H2;2-5H,1H3,(H,8,9,10). The Labute approximate surface area is 184 Å². The van der Waals surface area contributed by atoms with Gasteiger partial charge in [-0.05, 0) is 31.5 Å². The van der Waals surface area contributed by atoms with Crippen molar-refractivity contribution in [2.24, 2.45) is 0 Å². The summed E-state index contributed by atoms with van der Waals surface area (Å²) >= 11 is 11.8. The van der Waals surface area contributed by atoms with Gasteiger partial charge in [-0.25, -0.2) is 4.98 Å². The smallest absolute Gasteiger partial charge is 0.294 e. The van der Waals surface area contributed by atoms with Gasteiger partial charge in [0.15, 0.2) is 5.82 Å².